The van der Waals surface area contributed by atoms with Gasteiger partial charge in [-0.25, -0.2) is 4.98 Å². The van der Waals surface area contributed by atoms with Crippen molar-refractivity contribution in [3.63, 3.8) is 0 Å². The average Bonchev–Trinajstić information content (AvgIpc) is 3.26. The average molecular weight is 382 g/mol. The quantitative estimate of drug-likeness (QED) is 0.278. The third-order valence-corrected chi connectivity index (χ3v) is 5.12. The van der Waals surface area contributed by atoms with E-state index in [-0.39, 0.29) is 5.97 Å². The van der Waals surface area contributed by atoms with Crippen LogP contribution in [-0.2, 0) is 10.3 Å². The maximum atomic E-state index is 11.4. The van der Waals surface area contributed by atoms with Crippen LogP contribution in [0.4, 0.5) is 0 Å². The first-order valence-electron chi connectivity index (χ1n) is 9.51. The Labute approximate surface area is 170 Å². The lowest BCUT2D eigenvalue weighted by atomic mass is 9.75. The summed E-state index contributed by atoms with van der Waals surface area (Å²) in [5, 5.41) is 0. The molecule has 144 valence electrons. The normalized spacial score (nSPS) is 11.2. The van der Waals surface area contributed by atoms with Gasteiger partial charge in [-0.3, -0.25) is 4.79 Å². The fourth-order valence-electron chi connectivity index (χ4n) is 4.00. The molecule has 0 amide bonds. The van der Waals surface area contributed by atoms with Crippen molar-refractivity contribution >= 4 is 5.97 Å². The number of esters is 1. The monoisotopic (exact) mass is 382 g/mol. The van der Waals surface area contributed by atoms with Crippen LogP contribution in [0, 0.1) is 6.92 Å². The Hall–Kier alpha value is -3.66. The van der Waals surface area contributed by atoms with Gasteiger partial charge in [-0.1, -0.05) is 66.7 Å². The summed E-state index contributed by atoms with van der Waals surface area (Å²) in [7, 11) is 0. The van der Waals surface area contributed by atoms with Gasteiger partial charge in [0, 0.05) is 19.3 Å². The summed E-state index contributed by atoms with van der Waals surface area (Å²) in [5.41, 5.74) is 3.73. The minimum absolute atomic E-state index is 0.329. The highest BCUT2D eigenvalue weighted by Crippen LogP contribution is 2.42. The highest BCUT2D eigenvalue weighted by Gasteiger charge is 2.39. The molecule has 1 aromatic heterocycles. The van der Waals surface area contributed by atoms with Crippen LogP contribution < -0.4 is 4.74 Å². The predicted octanol–water partition coefficient (Wildman–Crippen LogP) is 4.96. The summed E-state index contributed by atoms with van der Waals surface area (Å²) in [6.45, 7) is 3.45. The zero-order chi connectivity index (χ0) is 20.3. The van der Waals surface area contributed by atoms with Crippen molar-refractivity contribution in [2.45, 2.75) is 19.4 Å². The van der Waals surface area contributed by atoms with Gasteiger partial charge >= 0.3 is 5.97 Å². The molecule has 3 aromatic carbocycles. The van der Waals surface area contributed by atoms with Gasteiger partial charge in [-0.15, -0.1) is 0 Å². The van der Waals surface area contributed by atoms with E-state index in [4.69, 9.17) is 4.74 Å². The van der Waals surface area contributed by atoms with Crippen LogP contribution in [0.25, 0.3) is 0 Å². The zero-order valence-electron chi connectivity index (χ0n) is 16.4. The summed E-state index contributed by atoms with van der Waals surface area (Å²) >= 11 is 0. The summed E-state index contributed by atoms with van der Waals surface area (Å²) in [5.74, 6) is 0.212. The molecule has 0 aliphatic rings. The van der Waals surface area contributed by atoms with Gasteiger partial charge in [0.15, 0.2) is 0 Å². The first kappa shape index (κ1) is 18.7. The number of carbonyl (C=O) groups is 1. The minimum Gasteiger partial charge on any atom is -0.427 e. The maximum Gasteiger partial charge on any atom is 0.308 e. The fourth-order valence-corrected chi connectivity index (χ4v) is 4.00. The SMILES string of the molecule is CC(=O)Oc1ccc(C(c2ccccc2)(c2ccccc2)n2ccnc2)c(C)c1. The van der Waals surface area contributed by atoms with Gasteiger partial charge in [-0.05, 0) is 41.3 Å². The molecule has 0 atom stereocenters. The Morgan fingerprint density at radius 3 is 2.03 bits per heavy atom. The lowest BCUT2D eigenvalue weighted by Crippen LogP contribution is -2.37. The molecule has 0 aliphatic carbocycles. The zero-order valence-corrected chi connectivity index (χ0v) is 16.4. The number of ether oxygens (including phenoxy) is 1. The van der Waals surface area contributed by atoms with E-state index in [0.717, 1.165) is 22.3 Å². The Balaban J connectivity index is 2.05. The second-order valence-electron chi connectivity index (χ2n) is 6.98. The van der Waals surface area contributed by atoms with Crippen LogP contribution in [-0.4, -0.2) is 15.5 Å². The van der Waals surface area contributed by atoms with E-state index in [2.05, 4.69) is 33.8 Å². The van der Waals surface area contributed by atoms with E-state index in [9.17, 15) is 4.79 Å². The molecule has 0 aliphatic heterocycles. The van der Waals surface area contributed by atoms with Crippen molar-refractivity contribution in [1.29, 1.82) is 0 Å². The van der Waals surface area contributed by atoms with Gasteiger partial charge in [-0.2, -0.15) is 0 Å². The van der Waals surface area contributed by atoms with Gasteiger partial charge < -0.3 is 9.30 Å². The molecule has 4 aromatic rings. The Morgan fingerprint density at radius 1 is 0.931 bits per heavy atom. The molecule has 4 nitrogen and oxygen atoms in total. The number of hydrogen-bond donors (Lipinski definition) is 0. The smallest absolute Gasteiger partial charge is 0.308 e. The molecule has 0 unspecified atom stereocenters. The number of nitrogens with zero attached hydrogens (tertiary/aromatic N) is 2. The number of benzene rings is 3. The number of carbonyl (C=O) groups excluding carboxylic acids is 1. The van der Waals surface area contributed by atoms with Crippen LogP contribution in [0.15, 0.2) is 97.6 Å². The van der Waals surface area contributed by atoms with E-state index < -0.39 is 5.54 Å². The van der Waals surface area contributed by atoms with Crippen molar-refractivity contribution < 1.29 is 9.53 Å². The maximum absolute atomic E-state index is 11.4. The molecule has 0 saturated carbocycles. The first-order chi connectivity index (χ1) is 14.1. The summed E-state index contributed by atoms with van der Waals surface area (Å²) in [4.78, 5) is 15.7. The van der Waals surface area contributed by atoms with E-state index in [1.165, 1.54) is 6.92 Å². The minimum atomic E-state index is -0.613. The molecule has 1 heterocycles. The van der Waals surface area contributed by atoms with Crippen LogP contribution >= 0.6 is 0 Å². The summed E-state index contributed by atoms with van der Waals surface area (Å²) in [6, 6.07) is 26.5. The highest BCUT2D eigenvalue weighted by molar-refractivity contribution is 5.69. The van der Waals surface area contributed by atoms with E-state index in [1.54, 1.807) is 6.20 Å². The molecular weight excluding hydrogens is 360 g/mol. The molecule has 0 fully saturated rings. The van der Waals surface area contributed by atoms with Crippen molar-refractivity contribution in [2.24, 2.45) is 0 Å². The second-order valence-corrected chi connectivity index (χ2v) is 6.98. The van der Waals surface area contributed by atoms with E-state index in [1.807, 2.05) is 74.0 Å². The van der Waals surface area contributed by atoms with Crippen LogP contribution in [0.5, 0.6) is 5.75 Å². The number of rotatable bonds is 5. The van der Waals surface area contributed by atoms with Crippen molar-refractivity contribution in [3.05, 3.63) is 120 Å². The van der Waals surface area contributed by atoms with Gasteiger partial charge in [0.05, 0.1) is 6.33 Å². The number of aromatic nitrogens is 2. The fraction of sp³-hybridized carbons (Fsp3) is 0.120. The number of imidazole rings is 1. The lowest BCUT2D eigenvalue weighted by molar-refractivity contribution is -0.131. The van der Waals surface area contributed by atoms with E-state index >= 15 is 0 Å². The first-order valence-corrected chi connectivity index (χ1v) is 9.51. The largest absolute Gasteiger partial charge is 0.427 e. The molecule has 0 spiro atoms. The molecular formula is C25H22N2O2. The molecule has 0 saturated heterocycles. The lowest BCUT2D eigenvalue weighted by Gasteiger charge is -2.38. The molecule has 0 radical (unpaired) electrons. The molecule has 0 N–H and O–H groups in total. The summed E-state index contributed by atoms with van der Waals surface area (Å²) in [6.07, 6.45) is 5.63. The van der Waals surface area contributed by atoms with Crippen LogP contribution in [0.1, 0.15) is 29.2 Å². The predicted molar refractivity (Wildman–Crippen MR) is 113 cm³/mol. The number of aryl methyl sites for hydroxylation is 1. The second kappa shape index (κ2) is 7.76. The highest BCUT2D eigenvalue weighted by atomic mass is 16.5. The summed E-state index contributed by atoms with van der Waals surface area (Å²) < 4.78 is 7.44. The van der Waals surface area contributed by atoms with E-state index in [0.29, 0.717) is 5.75 Å². The third-order valence-electron chi connectivity index (χ3n) is 5.12. The Bertz CT molecular complexity index is 1060. The molecule has 29 heavy (non-hydrogen) atoms. The topological polar surface area (TPSA) is 44.1 Å². The van der Waals surface area contributed by atoms with Gasteiger partial charge in [0.1, 0.15) is 11.3 Å². The van der Waals surface area contributed by atoms with Crippen molar-refractivity contribution in [2.75, 3.05) is 0 Å². The molecule has 4 rings (SSSR count). The molecule has 4 heteroatoms. The standard InChI is InChI=1S/C25H22N2O2/c1-19-17-23(29-20(2)28)13-14-24(19)25(27-16-15-26-18-27,21-9-5-3-6-10-21)22-11-7-4-8-12-22/h3-18H,1-2H3. The van der Waals surface area contributed by atoms with Gasteiger partial charge in [0.2, 0.25) is 0 Å². The van der Waals surface area contributed by atoms with Crippen molar-refractivity contribution in [3.8, 4) is 5.75 Å². The molecule has 0 bridgehead atoms. The third kappa shape index (κ3) is 3.34. The van der Waals surface area contributed by atoms with Crippen LogP contribution in [0.3, 0.4) is 0 Å². The van der Waals surface area contributed by atoms with Crippen LogP contribution in [0.2, 0.25) is 0 Å². The number of hydrogen-bond acceptors (Lipinski definition) is 3. The Kier molecular flexibility index (Phi) is 5.00. The van der Waals surface area contributed by atoms with Gasteiger partial charge in [0.25, 0.3) is 0 Å². The van der Waals surface area contributed by atoms with Crippen molar-refractivity contribution in [1.82, 2.24) is 9.55 Å². The Morgan fingerprint density at radius 2 is 1.55 bits per heavy atom.